The largest absolute Gasteiger partial charge is 0.486 e. The van der Waals surface area contributed by atoms with Gasteiger partial charge in [-0.2, -0.15) is 0 Å². The van der Waals surface area contributed by atoms with Crippen molar-refractivity contribution in [3.63, 3.8) is 0 Å². The maximum absolute atomic E-state index is 5.99. The number of aryl methyl sites for hydroxylation is 2. The monoisotopic (exact) mass is 620 g/mol. The van der Waals surface area contributed by atoms with Gasteiger partial charge in [0.25, 0.3) is 0 Å². The molecule has 169 valence electrons. The fourth-order valence-electron chi connectivity index (χ4n) is 3.63. The van der Waals surface area contributed by atoms with Gasteiger partial charge in [-0.15, -0.1) is 54.1 Å². The standard InChI is InChI=1S/C18H13N2O.C11H8N.Ir/c1-11-10-15-13-6-5-7-14(16-8-3-4-9-19-16)17(13)21-18(15)20-12(11)2;1-2-6-10(7-3-1)11-8-4-5-9-12-11;/h3-6,8-10H,1-2H3;1-6,8-9H;/q2*-1;. The molecule has 2 aromatic carbocycles. The Balaban J connectivity index is 0.000000180. The summed E-state index contributed by atoms with van der Waals surface area (Å²) in [5.41, 5.74) is 7.36. The average Bonchev–Trinajstić information content (AvgIpc) is 3.23. The van der Waals surface area contributed by atoms with Crippen molar-refractivity contribution in [2.24, 2.45) is 0 Å². The van der Waals surface area contributed by atoms with Gasteiger partial charge in [0.05, 0.1) is 5.58 Å². The van der Waals surface area contributed by atoms with Gasteiger partial charge in [-0.05, 0) is 49.0 Å². The quantitative estimate of drug-likeness (QED) is 0.196. The molecule has 34 heavy (non-hydrogen) atoms. The molecule has 4 nitrogen and oxygen atoms in total. The third-order valence-electron chi connectivity index (χ3n) is 5.44. The molecule has 0 unspecified atom stereocenters. The number of aromatic nitrogens is 3. The molecule has 0 N–H and O–H groups in total. The molecule has 0 amide bonds. The minimum absolute atomic E-state index is 0. The van der Waals surface area contributed by atoms with E-state index in [1.54, 1.807) is 12.4 Å². The van der Waals surface area contributed by atoms with E-state index in [1.807, 2.05) is 79.7 Å². The van der Waals surface area contributed by atoms with E-state index in [0.717, 1.165) is 50.1 Å². The summed E-state index contributed by atoms with van der Waals surface area (Å²) in [4.78, 5) is 13.2. The number of pyridine rings is 3. The number of hydrogen-bond donors (Lipinski definition) is 0. The van der Waals surface area contributed by atoms with Gasteiger partial charge in [0.15, 0.2) is 0 Å². The molecular weight excluding hydrogens is 599 g/mol. The Kier molecular flexibility index (Phi) is 7.27. The van der Waals surface area contributed by atoms with Crippen LogP contribution in [0.1, 0.15) is 11.3 Å². The number of furan rings is 1. The van der Waals surface area contributed by atoms with Gasteiger partial charge in [-0.25, -0.2) is 4.98 Å². The van der Waals surface area contributed by atoms with Gasteiger partial charge in [-0.1, -0.05) is 35.2 Å². The van der Waals surface area contributed by atoms with Crippen molar-refractivity contribution in [1.82, 2.24) is 15.0 Å². The molecule has 6 aromatic rings. The van der Waals surface area contributed by atoms with E-state index in [9.17, 15) is 0 Å². The van der Waals surface area contributed by atoms with E-state index in [-0.39, 0.29) is 20.1 Å². The van der Waals surface area contributed by atoms with Crippen LogP contribution >= 0.6 is 0 Å². The van der Waals surface area contributed by atoms with Crippen molar-refractivity contribution >= 4 is 22.1 Å². The van der Waals surface area contributed by atoms with Gasteiger partial charge >= 0.3 is 0 Å². The number of rotatable bonds is 2. The van der Waals surface area contributed by atoms with Crippen LogP contribution in [0, 0.1) is 26.0 Å². The van der Waals surface area contributed by atoms with Crippen LogP contribution in [0.3, 0.4) is 0 Å². The molecule has 0 atom stereocenters. The maximum Gasteiger partial charge on any atom is 0.216 e. The molecule has 0 saturated heterocycles. The molecule has 6 rings (SSSR count). The summed E-state index contributed by atoms with van der Waals surface area (Å²) in [6.07, 6.45) is 3.56. The summed E-state index contributed by atoms with van der Waals surface area (Å²) in [6, 6.07) is 31.9. The Hall–Kier alpha value is -3.66. The second-order valence-corrected chi connectivity index (χ2v) is 7.65. The summed E-state index contributed by atoms with van der Waals surface area (Å²) >= 11 is 0. The van der Waals surface area contributed by atoms with Gasteiger partial charge in [0.1, 0.15) is 0 Å². The predicted molar refractivity (Wildman–Crippen MR) is 132 cm³/mol. The van der Waals surface area contributed by atoms with Gasteiger partial charge in [-0.3, -0.25) is 0 Å². The van der Waals surface area contributed by atoms with Crippen molar-refractivity contribution in [2.45, 2.75) is 13.8 Å². The minimum atomic E-state index is 0. The second kappa shape index (κ2) is 10.5. The van der Waals surface area contributed by atoms with Gasteiger partial charge < -0.3 is 14.4 Å². The Morgan fingerprint density at radius 3 is 2.15 bits per heavy atom. The van der Waals surface area contributed by atoms with Crippen LogP contribution in [0.15, 0.2) is 95.7 Å². The predicted octanol–water partition coefficient (Wildman–Crippen LogP) is 7.01. The van der Waals surface area contributed by atoms with Gasteiger partial charge in [0, 0.05) is 43.6 Å². The average molecular weight is 620 g/mol. The summed E-state index contributed by atoms with van der Waals surface area (Å²) in [5.74, 6) is 0. The third kappa shape index (κ3) is 4.81. The number of nitrogens with zero attached hydrogens (tertiary/aromatic N) is 3. The molecule has 0 aliphatic carbocycles. The van der Waals surface area contributed by atoms with Crippen LogP contribution in [0.25, 0.3) is 44.6 Å². The van der Waals surface area contributed by atoms with Crippen molar-refractivity contribution in [3.05, 3.63) is 115 Å². The van der Waals surface area contributed by atoms with Crippen LogP contribution < -0.4 is 0 Å². The van der Waals surface area contributed by atoms with Crippen LogP contribution in [-0.4, -0.2) is 15.0 Å². The molecule has 1 radical (unpaired) electrons. The fourth-order valence-corrected chi connectivity index (χ4v) is 3.63. The van der Waals surface area contributed by atoms with E-state index >= 15 is 0 Å². The van der Waals surface area contributed by atoms with Crippen LogP contribution in [0.2, 0.25) is 0 Å². The van der Waals surface area contributed by atoms with E-state index in [0.29, 0.717) is 5.71 Å². The summed E-state index contributed by atoms with van der Waals surface area (Å²) in [6.45, 7) is 4.06. The van der Waals surface area contributed by atoms with E-state index < -0.39 is 0 Å². The second-order valence-electron chi connectivity index (χ2n) is 7.65. The van der Waals surface area contributed by atoms with Crippen LogP contribution in [0.5, 0.6) is 0 Å². The smallest absolute Gasteiger partial charge is 0.216 e. The topological polar surface area (TPSA) is 51.8 Å². The molecule has 0 bridgehead atoms. The normalized spacial score (nSPS) is 10.4. The van der Waals surface area contributed by atoms with Crippen molar-refractivity contribution in [1.29, 1.82) is 0 Å². The first-order valence-electron chi connectivity index (χ1n) is 10.7. The van der Waals surface area contributed by atoms with Gasteiger partial charge in [0.2, 0.25) is 5.71 Å². The Morgan fingerprint density at radius 2 is 1.47 bits per heavy atom. The Labute approximate surface area is 212 Å². The van der Waals surface area contributed by atoms with E-state index in [1.165, 1.54) is 0 Å². The van der Waals surface area contributed by atoms with E-state index in [2.05, 4.69) is 40.1 Å². The van der Waals surface area contributed by atoms with Crippen LogP contribution in [-0.2, 0) is 20.1 Å². The number of benzene rings is 2. The zero-order chi connectivity index (χ0) is 22.6. The first-order valence-corrected chi connectivity index (χ1v) is 10.7. The number of fused-ring (bicyclic) bond motifs is 3. The fraction of sp³-hybridized carbons (Fsp3) is 0.0690. The molecule has 5 heteroatoms. The third-order valence-corrected chi connectivity index (χ3v) is 5.44. The zero-order valence-electron chi connectivity index (χ0n) is 18.7. The maximum atomic E-state index is 5.99. The molecule has 0 fully saturated rings. The van der Waals surface area contributed by atoms with Crippen molar-refractivity contribution in [2.75, 3.05) is 0 Å². The Morgan fingerprint density at radius 1 is 0.735 bits per heavy atom. The molecular formula is C29H21IrN3O-2. The van der Waals surface area contributed by atoms with E-state index in [4.69, 9.17) is 4.42 Å². The first-order chi connectivity index (χ1) is 16.2. The molecule has 0 aliphatic rings. The first kappa shape index (κ1) is 23.5. The summed E-state index contributed by atoms with van der Waals surface area (Å²) in [5, 5.41) is 2.10. The molecule has 0 saturated carbocycles. The number of hydrogen-bond acceptors (Lipinski definition) is 4. The summed E-state index contributed by atoms with van der Waals surface area (Å²) in [7, 11) is 0. The molecule has 4 heterocycles. The molecule has 0 spiro atoms. The molecule has 4 aromatic heterocycles. The zero-order valence-corrected chi connectivity index (χ0v) is 21.1. The minimum Gasteiger partial charge on any atom is -0.486 e. The SMILES string of the molecule is Cc1cc2c(nc1C)oc1c(-c3ccccn3)[c-]ccc12.[Ir].[c-]1ccccc1-c1ccccn1. The van der Waals surface area contributed by atoms with Crippen LogP contribution in [0.4, 0.5) is 0 Å². The summed E-state index contributed by atoms with van der Waals surface area (Å²) < 4.78 is 5.99. The van der Waals surface area contributed by atoms with Crippen molar-refractivity contribution in [3.8, 4) is 22.5 Å². The van der Waals surface area contributed by atoms with Crippen molar-refractivity contribution < 1.29 is 24.5 Å². The molecule has 0 aliphatic heterocycles. The Bertz CT molecular complexity index is 1480.